The van der Waals surface area contributed by atoms with Gasteiger partial charge < -0.3 is 79.9 Å². The molecule has 200 valence electrons. The molecule has 0 aromatic rings. The van der Waals surface area contributed by atoms with Crippen LogP contribution in [0.5, 0.6) is 0 Å². The second-order valence-corrected chi connectivity index (χ2v) is 7.97. The molecule has 0 aliphatic carbocycles. The fourth-order valence-corrected chi connectivity index (χ4v) is 3.59. The lowest BCUT2D eigenvalue weighted by Crippen LogP contribution is -2.65. The van der Waals surface area contributed by atoms with E-state index in [0.29, 0.717) is 0 Å². The van der Waals surface area contributed by atoms with Crippen LogP contribution in [-0.4, -0.2) is 168 Å². The first-order valence-corrected chi connectivity index (χ1v) is 10.4. The molecule has 2 heterocycles. The zero-order chi connectivity index (χ0) is 25.7. The SMILES string of the molecule is O=C[C@H](O)[C@@H](O)[C@@H](O[C@@H]1O[C@H](CO)[C@@H](O)[C@H](O[C@@H]2O[C@H](CO)[C@@H](O)[C@H](O)[C@H]2O)[C@H]1O)[C@H](O)CO. The molecule has 0 aromatic heterocycles. The highest BCUT2D eigenvalue weighted by molar-refractivity contribution is 5.56. The molecule has 2 aliphatic heterocycles. The van der Waals surface area contributed by atoms with E-state index in [1.54, 1.807) is 0 Å². The molecule has 14 atom stereocenters. The van der Waals surface area contributed by atoms with Crippen LogP contribution in [0.25, 0.3) is 0 Å². The number of ether oxygens (including phenoxy) is 4. The van der Waals surface area contributed by atoms with Gasteiger partial charge in [0.15, 0.2) is 18.9 Å². The Balaban J connectivity index is 2.25. The van der Waals surface area contributed by atoms with Crippen LogP contribution in [0.3, 0.4) is 0 Å². The van der Waals surface area contributed by atoms with Crippen LogP contribution in [-0.2, 0) is 23.7 Å². The van der Waals surface area contributed by atoms with E-state index >= 15 is 0 Å². The highest BCUT2D eigenvalue weighted by Crippen LogP contribution is 2.30. The minimum absolute atomic E-state index is 0.0748. The summed E-state index contributed by atoms with van der Waals surface area (Å²) < 4.78 is 21.0. The zero-order valence-electron chi connectivity index (χ0n) is 17.7. The van der Waals surface area contributed by atoms with Crippen LogP contribution in [0.1, 0.15) is 0 Å². The van der Waals surface area contributed by atoms with E-state index in [0.717, 1.165) is 0 Å². The topological polar surface area (TPSA) is 277 Å². The Morgan fingerprint density at radius 2 is 1.32 bits per heavy atom. The van der Waals surface area contributed by atoms with Crippen molar-refractivity contribution in [3.63, 3.8) is 0 Å². The Hall–Kier alpha value is -0.930. The minimum Gasteiger partial charge on any atom is -0.394 e. The van der Waals surface area contributed by atoms with Crippen molar-refractivity contribution in [3.8, 4) is 0 Å². The summed E-state index contributed by atoms with van der Waals surface area (Å²) in [4.78, 5) is 10.8. The average Bonchev–Trinajstić information content (AvgIpc) is 2.84. The van der Waals surface area contributed by atoms with E-state index in [1.807, 2.05) is 0 Å². The van der Waals surface area contributed by atoms with Gasteiger partial charge in [-0.05, 0) is 0 Å². The normalized spacial score (nSPS) is 42.6. The number of aliphatic hydroxyl groups is 11. The third-order valence-electron chi connectivity index (χ3n) is 5.65. The van der Waals surface area contributed by atoms with Gasteiger partial charge >= 0.3 is 0 Å². The van der Waals surface area contributed by atoms with E-state index in [1.165, 1.54) is 0 Å². The van der Waals surface area contributed by atoms with E-state index in [9.17, 15) is 61.0 Å². The number of hydrogen-bond donors (Lipinski definition) is 11. The van der Waals surface area contributed by atoms with Gasteiger partial charge in [0.05, 0.1) is 19.8 Å². The predicted molar refractivity (Wildman–Crippen MR) is 102 cm³/mol. The fraction of sp³-hybridized carbons (Fsp3) is 0.944. The number of rotatable bonds is 11. The van der Waals surface area contributed by atoms with Gasteiger partial charge in [-0.2, -0.15) is 0 Å². The summed E-state index contributed by atoms with van der Waals surface area (Å²) in [6.07, 6.45) is -25.6. The van der Waals surface area contributed by atoms with Crippen LogP contribution in [0.15, 0.2) is 0 Å². The van der Waals surface area contributed by atoms with Crippen molar-refractivity contribution < 1.29 is 79.9 Å². The maximum absolute atomic E-state index is 10.8. The first-order chi connectivity index (χ1) is 16.0. The van der Waals surface area contributed by atoms with Gasteiger partial charge in [-0.25, -0.2) is 0 Å². The Bertz CT molecular complexity index is 623. The first-order valence-electron chi connectivity index (χ1n) is 10.4. The molecule has 2 aliphatic rings. The third-order valence-corrected chi connectivity index (χ3v) is 5.65. The molecule has 0 amide bonds. The van der Waals surface area contributed by atoms with Crippen molar-refractivity contribution in [3.05, 3.63) is 0 Å². The monoisotopic (exact) mass is 504 g/mol. The van der Waals surface area contributed by atoms with Gasteiger partial charge in [-0.1, -0.05) is 0 Å². The number of aldehydes is 1. The maximum Gasteiger partial charge on any atom is 0.187 e. The smallest absolute Gasteiger partial charge is 0.187 e. The van der Waals surface area contributed by atoms with E-state index in [4.69, 9.17) is 18.9 Å². The van der Waals surface area contributed by atoms with Gasteiger partial charge in [-0.15, -0.1) is 0 Å². The molecule has 0 spiro atoms. The van der Waals surface area contributed by atoms with Crippen LogP contribution in [0, 0.1) is 0 Å². The summed E-state index contributed by atoms with van der Waals surface area (Å²) in [6.45, 7) is -2.66. The van der Waals surface area contributed by atoms with E-state index < -0.39 is 106 Å². The maximum atomic E-state index is 10.8. The van der Waals surface area contributed by atoms with Crippen molar-refractivity contribution in [2.24, 2.45) is 0 Å². The lowest BCUT2D eigenvalue weighted by Gasteiger charge is -2.46. The molecular formula is C18H32O16. The molecule has 2 fully saturated rings. The second kappa shape index (κ2) is 12.9. The molecule has 16 heteroatoms. The summed E-state index contributed by atoms with van der Waals surface area (Å²) in [5, 5.41) is 109. The molecule has 2 saturated heterocycles. The molecule has 34 heavy (non-hydrogen) atoms. The number of hydrogen-bond acceptors (Lipinski definition) is 16. The number of carbonyl (C=O) groups excluding carboxylic acids is 1. The lowest BCUT2D eigenvalue weighted by molar-refractivity contribution is -0.368. The fourth-order valence-electron chi connectivity index (χ4n) is 3.59. The summed E-state index contributed by atoms with van der Waals surface area (Å²) in [6, 6.07) is 0. The van der Waals surface area contributed by atoms with Gasteiger partial charge in [0.2, 0.25) is 0 Å². The largest absolute Gasteiger partial charge is 0.394 e. The standard InChI is InChI=1S/C18H32O16/c19-1-5(23)9(25)15(6(24)2-20)33-18-14(30)16(11(27)8(4-22)32-18)34-17-13(29)12(28)10(26)7(3-21)31-17/h1,5-18,20-30H,2-4H2/t5-,6+,7+,8+,9+,10+,11+,12-,13+,14+,15-,16-,17-,18-/m0/s1. The van der Waals surface area contributed by atoms with Gasteiger partial charge in [-0.3, -0.25) is 0 Å². The quantitative estimate of drug-likeness (QED) is 0.117. The van der Waals surface area contributed by atoms with Gasteiger partial charge in [0.25, 0.3) is 0 Å². The van der Waals surface area contributed by atoms with Crippen LogP contribution in [0.2, 0.25) is 0 Å². The highest BCUT2D eigenvalue weighted by Gasteiger charge is 2.52. The van der Waals surface area contributed by atoms with Crippen LogP contribution >= 0.6 is 0 Å². The first kappa shape index (κ1) is 29.3. The Kier molecular flexibility index (Phi) is 11.1. The number of carbonyl (C=O) groups is 1. The summed E-state index contributed by atoms with van der Waals surface area (Å²) in [5.41, 5.74) is 0. The van der Waals surface area contributed by atoms with Crippen LogP contribution < -0.4 is 0 Å². The predicted octanol–water partition coefficient (Wildman–Crippen LogP) is -7.73. The molecular weight excluding hydrogens is 472 g/mol. The molecule has 16 nitrogen and oxygen atoms in total. The average molecular weight is 504 g/mol. The van der Waals surface area contributed by atoms with Gasteiger partial charge in [0.1, 0.15) is 73.2 Å². The van der Waals surface area contributed by atoms with E-state index in [2.05, 4.69) is 0 Å². The molecule has 0 saturated carbocycles. The Morgan fingerprint density at radius 1 is 0.765 bits per heavy atom. The van der Waals surface area contributed by atoms with Crippen LogP contribution in [0.4, 0.5) is 0 Å². The van der Waals surface area contributed by atoms with Crippen molar-refractivity contribution in [2.45, 2.75) is 85.8 Å². The Morgan fingerprint density at radius 3 is 1.85 bits per heavy atom. The van der Waals surface area contributed by atoms with Gasteiger partial charge in [0, 0.05) is 0 Å². The highest BCUT2D eigenvalue weighted by atomic mass is 16.7. The Labute approximate surface area is 192 Å². The molecule has 11 N–H and O–H groups in total. The summed E-state index contributed by atoms with van der Waals surface area (Å²) >= 11 is 0. The molecule has 0 aromatic carbocycles. The molecule has 2 rings (SSSR count). The minimum atomic E-state index is -2.10. The van der Waals surface area contributed by atoms with E-state index in [-0.39, 0.29) is 6.29 Å². The van der Waals surface area contributed by atoms with Crippen molar-refractivity contribution in [1.82, 2.24) is 0 Å². The summed E-state index contributed by atoms with van der Waals surface area (Å²) in [5.74, 6) is 0. The number of aliphatic hydroxyl groups excluding tert-OH is 11. The lowest BCUT2D eigenvalue weighted by atomic mass is 9.96. The molecule has 0 unspecified atom stereocenters. The molecule has 0 bridgehead atoms. The van der Waals surface area contributed by atoms with Crippen molar-refractivity contribution in [1.29, 1.82) is 0 Å². The molecule has 0 radical (unpaired) electrons. The summed E-state index contributed by atoms with van der Waals surface area (Å²) in [7, 11) is 0. The second-order valence-electron chi connectivity index (χ2n) is 7.97. The van der Waals surface area contributed by atoms with Crippen molar-refractivity contribution >= 4 is 6.29 Å². The third kappa shape index (κ3) is 6.25. The van der Waals surface area contributed by atoms with Crippen molar-refractivity contribution in [2.75, 3.05) is 19.8 Å². The zero-order valence-corrected chi connectivity index (χ0v) is 17.7.